The molecule has 1 atom stereocenters. The molecule has 1 aliphatic rings. The minimum absolute atomic E-state index is 0.0246. The smallest absolute Gasteiger partial charge is 0.157 e. The van der Waals surface area contributed by atoms with E-state index in [1.54, 1.807) is 6.07 Å². The number of hydrogen-bond donors (Lipinski definition) is 0. The molecule has 1 aliphatic heterocycles. The lowest BCUT2D eigenvalue weighted by Crippen LogP contribution is -2.19. The minimum atomic E-state index is 0.0246. The van der Waals surface area contributed by atoms with Gasteiger partial charge in [-0.25, -0.2) is 0 Å². The first-order valence-corrected chi connectivity index (χ1v) is 6.38. The van der Waals surface area contributed by atoms with Gasteiger partial charge in [-0.15, -0.1) is 0 Å². The second-order valence-corrected chi connectivity index (χ2v) is 4.82. The highest BCUT2D eigenvalue weighted by Gasteiger charge is 2.23. The number of carbonyl (C=O) groups excluding carboxylic acids is 1. The van der Waals surface area contributed by atoms with E-state index in [4.69, 9.17) is 10.00 Å². The summed E-state index contributed by atoms with van der Waals surface area (Å²) in [4.78, 5) is 12.1. The predicted molar refractivity (Wildman–Crippen MR) is 70.6 cm³/mol. The molecular formula is C15H14N2O2. The number of Topliss-reactive ketones (excluding diaryl/α,β-unsaturated/α-hetero) is 1. The highest BCUT2D eigenvalue weighted by Crippen LogP contribution is 2.21. The van der Waals surface area contributed by atoms with Crippen LogP contribution in [0, 0.1) is 17.2 Å². The van der Waals surface area contributed by atoms with Crippen LogP contribution >= 0.6 is 0 Å². The molecule has 0 N–H and O–H groups in total. The lowest BCUT2D eigenvalue weighted by molar-refractivity contribution is -0.123. The molecule has 0 spiro atoms. The number of hydrogen-bond acceptors (Lipinski definition) is 3. The molecule has 0 aliphatic carbocycles. The van der Waals surface area contributed by atoms with Crippen molar-refractivity contribution in [1.82, 2.24) is 4.57 Å². The van der Waals surface area contributed by atoms with E-state index >= 15 is 0 Å². The van der Waals surface area contributed by atoms with E-state index in [9.17, 15) is 4.79 Å². The molecule has 0 bridgehead atoms. The van der Waals surface area contributed by atoms with Gasteiger partial charge in [-0.3, -0.25) is 4.79 Å². The van der Waals surface area contributed by atoms with Crippen molar-refractivity contribution in [3.05, 3.63) is 36.0 Å². The fourth-order valence-corrected chi connectivity index (χ4v) is 2.54. The fraction of sp³-hybridized carbons (Fsp3) is 0.333. The van der Waals surface area contributed by atoms with Gasteiger partial charge in [0, 0.05) is 29.6 Å². The van der Waals surface area contributed by atoms with Crippen molar-refractivity contribution in [3.63, 3.8) is 0 Å². The Kier molecular flexibility index (Phi) is 3.06. The van der Waals surface area contributed by atoms with E-state index in [-0.39, 0.29) is 11.7 Å². The molecule has 2 heterocycles. The highest BCUT2D eigenvalue weighted by atomic mass is 16.5. The molecule has 2 aromatic rings. The molecule has 3 rings (SSSR count). The van der Waals surface area contributed by atoms with Gasteiger partial charge in [-0.1, -0.05) is 6.07 Å². The molecule has 1 unspecified atom stereocenters. The van der Waals surface area contributed by atoms with Crippen LogP contribution in [0.2, 0.25) is 0 Å². The molecule has 0 radical (unpaired) electrons. The Bertz CT molecular complexity index is 660. The predicted octanol–water partition coefficient (Wildman–Crippen LogP) is 2.12. The third kappa shape index (κ3) is 2.13. The van der Waals surface area contributed by atoms with Crippen LogP contribution in [0.1, 0.15) is 12.0 Å². The van der Waals surface area contributed by atoms with Crippen LogP contribution < -0.4 is 0 Å². The summed E-state index contributed by atoms with van der Waals surface area (Å²) in [6.45, 7) is 1.58. The van der Waals surface area contributed by atoms with Gasteiger partial charge in [0.15, 0.2) is 5.78 Å². The molecule has 1 saturated heterocycles. The average Bonchev–Trinajstić information content (AvgIpc) is 3.08. The minimum Gasteiger partial charge on any atom is -0.381 e. The van der Waals surface area contributed by atoms with Gasteiger partial charge in [-0.2, -0.15) is 5.26 Å². The largest absolute Gasteiger partial charge is 0.381 e. The number of aromatic nitrogens is 1. The van der Waals surface area contributed by atoms with Crippen LogP contribution in [0.15, 0.2) is 30.5 Å². The molecule has 1 aromatic heterocycles. The number of benzene rings is 1. The maximum absolute atomic E-state index is 12.1. The zero-order valence-electron chi connectivity index (χ0n) is 10.5. The van der Waals surface area contributed by atoms with Gasteiger partial charge in [0.1, 0.15) is 0 Å². The van der Waals surface area contributed by atoms with Crippen molar-refractivity contribution in [2.45, 2.75) is 13.0 Å². The summed E-state index contributed by atoms with van der Waals surface area (Å²) in [7, 11) is 0. The number of fused-ring (bicyclic) bond motifs is 1. The Morgan fingerprint density at radius 1 is 1.47 bits per heavy atom. The molecule has 4 nitrogen and oxygen atoms in total. The van der Waals surface area contributed by atoms with Crippen LogP contribution in [-0.4, -0.2) is 23.6 Å². The number of nitrogens with zero attached hydrogens (tertiary/aromatic N) is 2. The summed E-state index contributed by atoms with van der Waals surface area (Å²) in [5.74, 6) is 0.231. The Labute approximate surface area is 111 Å². The molecule has 96 valence electrons. The summed E-state index contributed by atoms with van der Waals surface area (Å²) < 4.78 is 7.16. The second kappa shape index (κ2) is 4.87. The van der Waals surface area contributed by atoms with Crippen LogP contribution in [0.25, 0.3) is 10.9 Å². The SMILES string of the molecule is N#Cc1cccc2c1ccn2CC(=O)C1CCOC1. The summed E-state index contributed by atoms with van der Waals surface area (Å²) in [6.07, 6.45) is 2.70. The standard InChI is InChI=1S/C15H14N2O2/c16-8-11-2-1-3-14-13(11)4-6-17(14)9-15(18)12-5-7-19-10-12/h1-4,6,12H,5,7,9-10H2. The van der Waals surface area contributed by atoms with Gasteiger partial charge in [0.25, 0.3) is 0 Å². The number of carbonyl (C=O) groups is 1. The molecule has 1 fully saturated rings. The maximum Gasteiger partial charge on any atom is 0.157 e. The van der Waals surface area contributed by atoms with Crippen molar-refractivity contribution in [3.8, 4) is 6.07 Å². The number of nitriles is 1. The van der Waals surface area contributed by atoms with Crippen LogP contribution in [0.5, 0.6) is 0 Å². The van der Waals surface area contributed by atoms with E-state index in [0.29, 0.717) is 25.3 Å². The van der Waals surface area contributed by atoms with Gasteiger partial charge >= 0.3 is 0 Å². The first kappa shape index (κ1) is 11.9. The first-order chi connectivity index (χ1) is 9.29. The molecule has 0 saturated carbocycles. The summed E-state index contributed by atoms with van der Waals surface area (Å²) in [5.41, 5.74) is 1.58. The quantitative estimate of drug-likeness (QED) is 0.843. The Hall–Kier alpha value is -2.12. The van der Waals surface area contributed by atoms with E-state index in [1.807, 2.05) is 29.0 Å². The first-order valence-electron chi connectivity index (χ1n) is 6.38. The molecule has 1 aromatic carbocycles. The lowest BCUT2D eigenvalue weighted by Gasteiger charge is -2.08. The molecule has 0 amide bonds. The van der Waals surface area contributed by atoms with Crippen molar-refractivity contribution in [1.29, 1.82) is 5.26 Å². The fourth-order valence-electron chi connectivity index (χ4n) is 2.54. The van der Waals surface area contributed by atoms with Crippen LogP contribution in [0.3, 0.4) is 0 Å². The summed E-state index contributed by atoms with van der Waals surface area (Å²) >= 11 is 0. The molecular weight excluding hydrogens is 240 g/mol. The summed E-state index contributed by atoms with van der Waals surface area (Å²) in [6, 6.07) is 9.65. The van der Waals surface area contributed by atoms with Gasteiger partial charge < -0.3 is 9.30 Å². The van der Waals surface area contributed by atoms with Gasteiger partial charge in [0.05, 0.1) is 24.8 Å². The van der Waals surface area contributed by atoms with E-state index in [1.165, 1.54) is 0 Å². The van der Waals surface area contributed by atoms with Crippen LogP contribution in [0.4, 0.5) is 0 Å². The van der Waals surface area contributed by atoms with Gasteiger partial charge in [-0.05, 0) is 24.6 Å². The molecule has 19 heavy (non-hydrogen) atoms. The maximum atomic E-state index is 12.1. The van der Waals surface area contributed by atoms with E-state index in [2.05, 4.69) is 6.07 Å². The lowest BCUT2D eigenvalue weighted by atomic mass is 10.0. The Morgan fingerprint density at radius 3 is 3.11 bits per heavy atom. The van der Waals surface area contributed by atoms with Gasteiger partial charge in [0.2, 0.25) is 0 Å². The zero-order chi connectivity index (χ0) is 13.2. The van der Waals surface area contributed by atoms with E-state index in [0.717, 1.165) is 17.3 Å². The zero-order valence-corrected chi connectivity index (χ0v) is 10.5. The van der Waals surface area contributed by atoms with Crippen molar-refractivity contribution < 1.29 is 9.53 Å². The topological polar surface area (TPSA) is 55.0 Å². The number of ketones is 1. The van der Waals surface area contributed by atoms with E-state index < -0.39 is 0 Å². The second-order valence-electron chi connectivity index (χ2n) is 4.82. The summed E-state index contributed by atoms with van der Waals surface area (Å²) in [5, 5.41) is 9.96. The van der Waals surface area contributed by atoms with Crippen molar-refractivity contribution in [2.75, 3.05) is 13.2 Å². The monoisotopic (exact) mass is 254 g/mol. The number of ether oxygens (including phenoxy) is 1. The Morgan fingerprint density at radius 2 is 2.37 bits per heavy atom. The number of rotatable bonds is 3. The highest BCUT2D eigenvalue weighted by molar-refractivity contribution is 5.88. The van der Waals surface area contributed by atoms with Crippen molar-refractivity contribution in [2.24, 2.45) is 5.92 Å². The van der Waals surface area contributed by atoms with Crippen LogP contribution in [-0.2, 0) is 16.1 Å². The van der Waals surface area contributed by atoms with Crippen molar-refractivity contribution >= 4 is 16.7 Å². The molecule has 4 heteroatoms. The third-order valence-electron chi connectivity index (χ3n) is 3.65. The Balaban J connectivity index is 1.89. The normalized spacial score (nSPS) is 18.6. The third-order valence-corrected chi connectivity index (χ3v) is 3.65. The average molecular weight is 254 g/mol.